The van der Waals surface area contributed by atoms with E-state index in [0.717, 1.165) is 45.8 Å². The van der Waals surface area contributed by atoms with Crippen LogP contribution in [0.15, 0.2) is 27.7 Å². The molecule has 4 rings (SSSR count). The fourth-order valence-electron chi connectivity index (χ4n) is 4.30. The molecule has 8 heteroatoms. The number of unbranched alkanes of at least 4 members (excludes halogenated alkanes) is 1. The molecule has 170 valence electrons. The summed E-state index contributed by atoms with van der Waals surface area (Å²) in [7, 11) is 0. The van der Waals surface area contributed by atoms with Crippen LogP contribution in [0.25, 0.3) is 5.00 Å². The number of nitrogens with one attached hydrogen (secondary N) is 1. The molecule has 0 aromatic carbocycles. The van der Waals surface area contributed by atoms with Crippen LogP contribution in [0.3, 0.4) is 0 Å². The second kappa shape index (κ2) is 9.32. The van der Waals surface area contributed by atoms with E-state index in [1.165, 1.54) is 16.0 Å². The van der Waals surface area contributed by atoms with Crippen LogP contribution in [0.1, 0.15) is 73.2 Å². The van der Waals surface area contributed by atoms with Crippen molar-refractivity contribution < 1.29 is 4.79 Å². The Balaban J connectivity index is 1.82. The number of thiophene rings is 1. The summed E-state index contributed by atoms with van der Waals surface area (Å²) in [5.74, 6) is 1.81. The standard InChI is InChI=1S/C24H30ClN5OS/c1-6-7-8-20(31)26-12-19-23-29-28-16(5)30(23)24-21(14(3)15(4)32-24)22(27-19)18-10-9-17(25)11-13(18)2/h10-11,13,19H,6-9,12H2,1-5H3,(H,26,31). The first-order chi connectivity index (χ1) is 15.3. The van der Waals surface area contributed by atoms with Gasteiger partial charge >= 0.3 is 0 Å². The third kappa shape index (κ3) is 4.20. The van der Waals surface area contributed by atoms with E-state index >= 15 is 0 Å². The maximum Gasteiger partial charge on any atom is 0.220 e. The van der Waals surface area contributed by atoms with Crippen molar-refractivity contribution in [3.8, 4) is 5.00 Å². The Morgan fingerprint density at radius 1 is 1.31 bits per heavy atom. The van der Waals surface area contributed by atoms with Gasteiger partial charge < -0.3 is 5.32 Å². The van der Waals surface area contributed by atoms with Gasteiger partial charge in [0.1, 0.15) is 16.9 Å². The molecule has 2 aliphatic rings. The molecule has 0 fully saturated rings. The third-order valence-corrected chi connectivity index (χ3v) is 7.67. The van der Waals surface area contributed by atoms with E-state index in [1.54, 1.807) is 11.3 Å². The van der Waals surface area contributed by atoms with Crippen molar-refractivity contribution >= 4 is 34.6 Å². The molecule has 0 bridgehead atoms. The molecule has 0 saturated carbocycles. The lowest BCUT2D eigenvalue weighted by molar-refractivity contribution is -0.121. The predicted molar refractivity (Wildman–Crippen MR) is 131 cm³/mol. The summed E-state index contributed by atoms with van der Waals surface area (Å²) >= 11 is 8.07. The summed E-state index contributed by atoms with van der Waals surface area (Å²) in [4.78, 5) is 18.8. The first kappa shape index (κ1) is 22.9. The summed E-state index contributed by atoms with van der Waals surface area (Å²) in [5.41, 5.74) is 4.52. The van der Waals surface area contributed by atoms with Crippen LogP contribution < -0.4 is 5.32 Å². The summed E-state index contributed by atoms with van der Waals surface area (Å²) in [6, 6.07) is -0.314. The molecular weight excluding hydrogens is 442 g/mol. The topological polar surface area (TPSA) is 72.2 Å². The highest BCUT2D eigenvalue weighted by atomic mass is 35.5. The lowest BCUT2D eigenvalue weighted by Gasteiger charge is -2.21. The molecule has 6 nitrogen and oxygen atoms in total. The lowest BCUT2D eigenvalue weighted by Crippen LogP contribution is -2.29. The summed E-state index contributed by atoms with van der Waals surface area (Å²) in [6.07, 6.45) is 7.41. The van der Waals surface area contributed by atoms with Gasteiger partial charge in [0, 0.05) is 40.8 Å². The maximum atomic E-state index is 12.4. The molecule has 1 N–H and O–H groups in total. The van der Waals surface area contributed by atoms with Crippen LogP contribution in [-0.2, 0) is 4.79 Å². The quantitative estimate of drug-likeness (QED) is 0.605. The lowest BCUT2D eigenvalue weighted by atomic mass is 9.87. The number of amides is 1. The molecule has 1 aliphatic carbocycles. The minimum Gasteiger partial charge on any atom is -0.353 e. The molecule has 32 heavy (non-hydrogen) atoms. The number of carbonyl (C=O) groups excluding carboxylic acids is 1. The Hall–Kier alpha value is -2.25. The fourth-order valence-corrected chi connectivity index (χ4v) is 5.78. The monoisotopic (exact) mass is 471 g/mol. The maximum absolute atomic E-state index is 12.4. The molecular formula is C24H30ClN5OS. The van der Waals surface area contributed by atoms with Gasteiger partial charge in [0.05, 0.1) is 5.71 Å². The van der Waals surface area contributed by atoms with E-state index in [9.17, 15) is 4.79 Å². The van der Waals surface area contributed by atoms with Gasteiger partial charge in [-0.2, -0.15) is 0 Å². The molecule has 3 heterocycles. The van der Waals surface area contributed by atoms with Crippen molar-refractivity contribution in [2.24, 2.45) is 10.9 Å². The number of carbonyl (C=O) groups is 1. The third-order valence-electron chi connectivity index (χ3n) is 6.20. The Morgan fingerprint density at radius 2 is 2.09 bits per heavy atom. The zero-order valence-corrected chi connectivity index (χ0v) is 20.9. The van der Waals surface area contributed by atoms with Crippen LogP contribution in [0.4, 0.5) is 0 Å². The highest BCUT2D eigenvalue weighted by Gasteiger charge is 2.33. The minimum absolute atomic E-state index is 0.0531. The fraction of sp³-hybridized carbons (Fsp3) is 0.500. The van der Waals surface area contributed by atoms with Gasteiger partial charge in [0.2, 0.25) is 5.91 Å². The Kier molecular flexibility index (Phi) is 6.67. The van der Waals surface area contributed by atoms with E-state index in [2.05, 4.69) is 59.9 Å². The van der Waals surface area contributed by atoms with Gasteiger partial charge in [-0.1, -0.05) is 44.0 Å². The Morgan fingerprint density at radius 3 is 2.81 bits per heavy atom. The number of rotatable bonds is 6. The van der Waals surface area contributed by atoms with Crippen LogP contribution in [-0.4, -0.2) is 32.9 Å². The predicted octanol–water partition coefficient (Wildman–Crippen LogP) is 5.49. The van der Waals surface area contributed by atoms with Crippen LogP contribution in [0.5, 0.6) is 0 Å². The smallest absolute Gasteiger partial charge is 0.220 e. The van der Waals surface area contributed by atoms with Gasteiger partial charge in [-0.3, -0.25) is 14.4 Å². The van der Waals surface area contributed by atoms with Gasteiger partial charge in [-0.25, -0.2) is 0 Å². The zero-order chi connectivity index (χ0) is 23.0. The Labute approximate surface area is 198 Å². The highest BCUT2D eigenvalue weighted by Crippen LogP contribution is 2.40. The zero-order valence-electron chi connectivity index (χ0n) is 19.3. The Bertz CT molecular complexity index is 1140. The number of aromatic nitrogens is 3. The molecule has 2 aromatic rings. The number of halogens is 1. The highest BCUT2D eigenvalue weighted by molar-refractivity contribution is 7.15. The minimum atomic E-state index is -0.314. The van der Waals surface area contributed by atoms with E-state index in [-0.39, 0.29) is 17.9 Å². The number of hydrogen-bond acceptors (Lipinski definition) is 5. The largest absolute Gasteiger partial charge is 0.353 e. The summed E-state index contributed by atoms with van der Waals surface area (Å²) in [6.45, 7) is 10.9. The number of aliphatic imine (C=N–C) groups is 1. The normalized spacial score (nSPS) is 20.0. The van der Waals surface area contributed by atoms with Crippen molar-refractivity contribution in [1.29, 1.82) is 0 Å². The molecule has 0 saturated heterocycles. The van der Waals surface area contributed by atoms with Crippen LogP contribution >= 0.6 is 22.9 Å². The van der Waals surface area contributed by atoms with Crippen molar-refractivity contribution in [1.82, 2.24) is 20.1 Å². The number of allylic oxidation sites excluding steroid dienone is 4. The van der Waals surface area contributed by atoms with Gasteiger partial charge in [0.25, 0.3) is 0 Å². The first-order valence-electron chi connectivity index (χ1n) is 11.3. The van der Waals surface area contributed by atoms with E-state index < -0.39 is 0 Å². The molecule has 2 atom stereocenters. The summed E-state index contributed by atoms with van der Waals surface area (Å²) in [5, 5.41) is 13.9. The average Bonchev–Trinajstić information content (AvgIpc) is 3.22. The van der Waals surface area contributed by atoms with Gasteiger partial charge in [-0.05, 0) is 38.3 Å². The van der Waals surface area contributed by atoms with Crippen molar-refractivity contribution in [3.63, 3.8) is 0 Å². The number of fused-ring (bicyclic) bond motifs is 3. The number of nitrogens with zero attached hydrogens (tertiary/aromatic N) is 4. The van der Waals surface area contributed by atoms with E-state index in [0.29, 0.717) is 19.4 Å². The molecule has 1 aliphatic heterocycles. The van der Waals surface area contributed by atoms with E-state index in [1.807, 2.05) is 6.92 Å². The molecule has 2 unspecified atom stereocenters. The van der Waals surface area contributed by atoms with Crippen molar-refractivity contribution in [2.45, 2.75) is 66.3 Å². The van der Waals surface area contributed by atoms with Crippen LogP contribution in [0, 0.1) is 26.7 Å². The first-order valence-corrected chi connectivity index (χ1v) is 12.4. The number of aryl methyl sites for hydroxylation is 2. The second-order valence-electron chi connectivity index (χ2n) is 8.57. The van der Waals surface area contributed by atoms with Crippen LogP contribution in [0.2, 0.25) is 0 Å². The van der Waals surface area contributed by atoms with Gasteiger partial charge in [0.15, 0.2) is 5.82 Å². The molecule has 1 amide bonds. The van der Waals surface area contributed by atoms with E-state index in [4.69, 9.17) is 16.6 Å². The SMILES string of the molecule is CCCCC(=O)NCC1N=C(C2=CCC(Cl)=CC2C)c2c(sc(C)c2C)-n2c(C)nnc21. The second-order valence-corrected chi connectivity index (χ2v) is 10.3. The number of hydrogen-bond donors (Lipinski definition) is 1. The molecule has 0 spiro atoms. The van der Waals surface area contributed by atoms with Crippen molar-refractivity contribution in [2.75, 3.05) is 6.54 Å². The van der Waals surface area contributed by atoms with Gasteiger partial charge in [-0.15, -0.1) is 21.5 Å². The summed E-state index contributed by atoms with van der Waals surface area (Å²) < 4.78 is 2.12. The molecule has 0 radical (unpaired) electrons. The van der Waals surface area contributed by atoms with Crippen molar-refractivity contribution in [3.05, 3.63) is 50.4 Å². The average molecular weight is 472 g/mol. The molecule has 2 aromatic heterocycles.